The highest BCUT2D eigenvalue weighted by atomic mass is 15.3. The van der Waals surface area contributed by atoms with E-state index in [1.165, 1.54) is 36.8 Å². The summed E-state index contributed by atoms with van der Waals surface area (Å²) >= 11 is 0. The molecule has 1 saturated carbocycles. The molecule has 2 nitrogen and oxygen atoms in total. The van der Waals surface area contributed by atoms with Gasteiger partial charge in [0.15, 0.2) is 0 Å². The third kappa shape index (κ3) is 3.06. The lowest BCUT2D eigenvalue weighted by Gasteiger charge is -2.25. The zero-order valence-corrected chi connectivity index (χ0v) is 11.6. The van der Waals surface area contributed by atoms with Gasteiger partial charge in [0.2, 0.25) is 0 Å². The molecule has 1 heterocycles. The van der Waals surface area contributed by atoms with Crippen molar-refractivity contribution in [2.75, 3.05) is 0 Å². The Morgan fingerprint density at radius 3 is 2.84 bits per heavy atom. The van der Waals surface area contributed by atoms with Gasteiger partial charge in [-0.05, 0) is 35.8 Å². The Bertz CT molecular complexity index is 515. The Morgan fingerprint density at radius 1 is 1.21 bits per heavy atom. The van der Waals surface area contributed by atoms with E-state index in [2.05, 4.69) is 59.4 Å². The van der Waals surface area contributed by atoms with Crippen LogP contribution in [0.1, 0.15) is 49.7 Å². The maximum Gasteiger partial charge on any atom is 0.0659 e. The fourth-order valence-corrected chi connectivity index (χ4v) is 3.18. The van der Waals surface area contributed by atoms with Gasteiger partial charge in [0.1, 0.15) is 0 Å². The molecule has 3 rings (SSSR count). The van der Waals surface area contributed by atoms with E-state index in [4.69, 9.17) is 0 Å². The quantitative estimate of drug-likeness (QED) is 0.801. The number of rotatable bonds is 3. The first-order valence-electron chi connectivity index (χ1n) is 7.37. The molecular weight excluding hydrogens is 232 g/mol. The van der Waals surface area contributed by atoms with Crippen molar-refractivity contribution >= 4 is 0 Å². The summed E-state index contributed by atoms with van der Waals surface area (Å²) in [5.74, 6) is 1.60. The second-order valence-electron chi connectivity index (χ2n) is 5.93. The molecule has 1 unspecified atom stereocenters. The molecule has 0 saturated heterocycles. The molecule has 1 aromatic carbocycles. The summed E-state index contributed by atoms with van der Waals surface area (Å²) in [5, 5.41) is 4.53. The fraction of sp³-hybridized carbons (Fsp3) is 0.471. The predicted molar refractivity (Wildman–Crippen MR) is 78.1 cm³/mol. The van der Waals surface area contributed by atoms with Gasteiger partial charge < -0.3 is 0 Å². The van der Waals surface area contributed by atoms with Gasteiger partial charge in [0, 0.05) is 6.20 Å². The van der Waals surface area contributed by atoms with Crippen molar-refractivity contribution in [3.8, 4) is 0 Å². The molecule has 0 N–H and O–H groups in total. The van der Waals surface area contributed by atoms with Gasteiger partial charge in [0.05, 0.1) is 12.7 Å². The van der Waals surface area contributed by atoms with E-state index < -0.39 is 0 Å². The van der Waals surface area contributed by atoms with Crippen molar-refractivity contribution in [1.82, 2.24) is 9.78 Å². The fourth-order valence-electron chi connectivity index (χ4n) is 3.18. The molecule has 1 aromatic heterocycles. The Balaban J connectivity index is 1.69. The van der Waals surface area contributed by atoms with Crippen LogP contribution in [0.25, 0.3) is 0 Å². The average Bonchev–Trinajstić information content (AvgIpc) is 2.88. The van der Waals surface area contributed by atoms with Crippen LogP contribution in [0.5, 0.6) is 0 Å². The summed E-state index contributed by atoms with van der Waals surface area (Å²) in [5.41, 5.74) is 2.75. The molecule has 1 fully saturated rings. The normalized spacial score (nSPS) is 23.4. The van der Waals surface area contributed by atoms with Crippen LogP contribution < -0.4 is 0 Å². The van der Waals surface area contributed by atoms with Crippen molar-refractivity contribution in [2.45, 2.75) is 45.1 Å². The number of benzene rings is 1. The number of hydrogen-bond acceptors (Lipinski definition) is 1. The summed E-state index contributed by atoms with van der Waals surface area (Å²) in [6, 6.07) is 10.5. The van der Waals surface area contributed by atoms with Crippen molar-refractivity contribution in [2.24, 2.45) is 5.92 Å². The van der Waals surface area contributed by atoms with Crippen LogP contribution in [0.3, 0.4) is 0 Å². The largest absolute Gasteiger partial charge is 0.268 e. The third-order valence-corrected chi connectivity index (χ3v) is 4.25. The lowest BCUT2D eigenvalue weighted by atomic mass is 9.80. The first-order chi connectivity index (χ1) is 9.31. The third-order valence-electron chi connectivity index (χ3n) is 4.25. The molecule has 0 amide bonds. The monoisotopic (exact) mass is 254 g/mol. The summed E-state index contributed by atoms with van der Waals surface area (Å²) in [6.07, 6.45) is 9.75. The van der Waals surface area contributed by atoms with Crippen LogP contribution in [-0.2, 0) is 6.54 Å². The van der Waals surface area contributed by atoms with E-state index in [-0.39, 0.29) is 0 Å². The predicted octanol–water partition coefficient (Wildman–Crippen LogP) is 4.23. The van der Waals surface area contributed by atoms with Gasteiger partial charge in [0.25, 0.3) is 0 Å². The molecule has 1 aliphatic carbocycles. The second kappa shape index (κ2) is 5.60. The van der Waals surface area contributed by atoms with E-state index in [0.717, 1.165) is 18.4 Å². The van der Waals surface area contributed by atoms with Gasteiger partial charge in [-0.1, -0.05) is 50.1 Å². The maximum absolute atomic E-state index is 4.53. The summed E-state index contributed by atoms with van der Waals surface area (Å²) in [6.45, 7) is 3.25. The Labute approximate surface area is 115 Å². The zero-order valence-electron chi connectivity index (χ0n) is 11.6. The highest BCUT2D eigenvalue weighted by molar-refractivity contribution is 5.17. The van der Waals surface area contributed by atoms with Crippen molar-refractivity contribution < 1.29 is 0 Å². The van der Waals surface area contributed by atoms with E-state index in [1.54, 1.807) is 0 Å². The molecular formula is C17H22N2. The molecule has 0 bridgehead atoms. The minimum Gasteiger partial charge on any atom is -0.268 e. The second-order valence-corrected chi connectivity index (χ2v) is 5.93. The molecule has 19 heavy (non-hydrogen) atoms. The van der Waals surface area contributed by atoms with Crippen LogP contribution in [0.2, 0.25) is 0 Å². The van der Waals surface area contributed by atoms with Gasteiger partial charge in [-0.25, -0.2) is 0 Å². The highest BCUT2D eigenvalue weighted by Gasteiger charge is 2.21. The molecule has 0 spiro atoms. The molecule has 2 heteroatoms. The van der Waals surface area contributed by atoms with Crippen LogP contribution >= 0.6 is 0 Å². The minimum atomic E-state index is 0.730. The molecule has 2 atom stereocenters. The average molecular weight is 254 g/mol. The minimum absolute atomic E-state index is 0.730. The van der Waals surface area contributed by atoms with E-state index in [1.807, 2.05) is 0 Å². The van der Waals surface area contributed by atoms with Crippen LogP contribution in [0.15, 0.2) is 42.7 Å². The first-order valence-corrected chi connectivity index (χ1v) is 7.37. The van der Waals surface area contributed by atoms with Gasteiger partial charge in [-0.3, -0.25) is 4.68 Å². The van der Waals surface area contributed by atoms with Crippen molar-refractivity contribution in [3.63, 3.8) is 0 Å². The lowest BCUT2D eigenvalue weighted by Crippen LogP contribution is -2.11. The topological polar surface area (TPSA) is 17.8 Å². The summed E-state index contributed by atoms with van der Waals surface area (Å²) < 4.78 is 2.07. The molecule has 1 aliphatic rings. The van der Waals surface area contributed by atoms with Gasteiger partial charge in [-0.15, -0.1) is 0 Å². The highest BCUT2D eigenvalue weighted by Crippen LogP contribution is 2.35. The Hall–Kier alpha value is -1.57. The molecule has 100 valence electrons. The van der Waals surface area contributed by atoms with Crippen molar-refractivity contribution in [1.29, 1.82) is 0 Å². The lowest BCUT2D eigenvalue weighted by molar-refractivity contribution is 0.344. The number of aromatic nitrogens is 2. The smallest absolute Gasteiger partial charge is 0.0659 e. The maximum atomic E-state index is 4.53. The van der Waals surface area contributed by atoms with Gasteiger partial charge >= 0.3 is 0 Å². The SMILES string of the molecule is CC1CCC[C@H](c2cnn(Cc3ccccc3)c2)C1. The molecule has 2 aromatic rings. The van der Waals surface area contributed by atoms with E-state index in [0.29, 0.717) is 0 Å². The molecule has 0 aliphatic heterocycles. The standard InChI is InChI=1S/C17H22N2/c1-14-6-5-9-16(10-14)17-11-18-19(13-17)12-15-7-3-2-4-8-15/h2-4,7-8,11,13-14,16H,5-6,9-10,12H2,1H3/t14?,16-/m0/s1. The van der Waals surface area contributed by atoms with Crippen LogP contribution in [-0.4, -0.2) is 9.78 Å². The van der Waals surface area contributed by atoms with Crippen molar-refractivity contribution in [3.05, 3.63) is 53.9 Å². The number of nitrogens with zero attached hydrogens (tertiary/aromatic N) is 2. The van der Waals surface area contributed by atoms with E-state index >= 15 is 0 Å². The zero-order chi connectivity index (χ0) is 13.1. The first kappa shape index (κ1) is 12.5. The van der Waals surface area contributed by atoms with Gasteiger partial charge in [-0.2, -0.15) is 5.10 Å². The van der Waals surface area contributed by atoms with Crippen LogP contribution in [0.4, 0.5) is 0 Å². The molecule has 0 radical (unpaired) electrons. The summed E-state index contributed by atoms with van der Waals surface area (Å²) in [7, 11) is 0. The van der Waals surface area contributed by atoms with Crippen LogP contribution in [0, 0.1) is 5.92 Å². The summed E-state index contributed by atoms with van der Waals surface area (Å²) in [4.78, 5) is 0. The van der Waals surface area contributed by atoms with E-state index in [9.17, 15) is 0 Å². The Kier molecular flexibility index (Phi) is 3.67. The Morgan fingerprint density at radius 2 is 2.05 bits per heavy atom. The number of hydrogen-bond donors (Lipinski definition) is 0.